The zero-order valence-corrected chi connectivity index (χ0v) is 22.8. The van der Waals surface area contributed by atoms with Gasteiger partial charge in [-0.15, -0.1) is 16.8 Å². The average molecular weight is 547 g/mol. The number of nitrogens with zero attached hydrogens (tertiary/aromatic N) is 3. The molecule has 3 aromatic rings. The van der Waals surface area contributed by atoms with Crippen LogP contribution in [0.2, 0.25) is 10.0 Å². The normalized spacial score (nSPS) is 11.8. The van der Waals surface area contributed by atoms with Crippen molar-refractivity contribution in [3.8, 4) is 0 Å². The van der Waals surface area contributed by atoms with E-state index in [0.29, 0.717) is 28.1 Å². The number of hydrogen-bond acceptors (Lipinski definition) is 5. The Balaban J connectivity index is 1.74. The molecule has 2 amide bonds. The first kappa shape index (κ1) is 27.8. The summed E-state index contributed by atoms with van der Waals surface area (Å²) in [5.41, 5.74) is 2.27. The minimum Gasteiger partial charge on any atom is -0.342 e. The number of halogens is 2. The molecule has 0 aliphatic rings. The minimum atomic E-state index is -0.447. The van der Waals surface area contributed by atoms with Gasteiger partial charge in [-0.25, -0.2) is 0 Å². The first-order chi connectivity index (χ1) is 17.2. The number of carbonyl (C=O) groups is 2. The van der Waals surface area contributed by atoms with Gasteiger partial charge in [-0.1, -0.05) is 73.9 Å². The predicted molar refractivity (Wildman–Crippen MR) is 147 cm³/mol. The van der Waals surface area contributed by atoms with Crippen LogP contribution in [0.25, 0.3) is 0 Å². The highest BCUT2D eigenvalue weighted by atomic mass is 35.5. The van der Waals surface area contributed by atoms with Gasteiger partial charge >= 0.3 is 0 Å². The van der Waals surface area contributed by atoms with Gasteiger partial charge in [-0.2, -0.15) is 0 Å². The second kappa shape index (κ2) is 12.9. The molecule has 2 N–H and O–H groups in total. The number of anilines is 1. The summed E-state index contributed by atoms with van der Waals surface area (Å²) in [5, 5.41) is 15.9. The molecule has 1 aromatic heterocycles. The lowest BCUT2D eigenvalue weighted by atomic mass is 10.0. The average Bonchev–Trinajstić information content (AvgIpc) is 3.23. The lowest BCUT2D eigenvalue weighted by Gasteiger charge is -2.23. The van der Waals surface area contributed by atoms with Crippen molar-refractivity contribution in [3.63, 3.8) is 0 Å². The molecule has 7 nitrogen and oxygen atoms in total. The lowest BCUT2D eigenvalue weighted by molar-refractivity contribution is -0.113. The standard InChI is InChI=1S/C26H29Cl2N5O2S/c1-5-13-33-24(23(16(3)4)30-25(35)20-12-9-18(27)14-21(20)28)31-32-26(33)36-15-22(34)29-19-10-7-17(6-2)8-11-19/h5,7-12,14,16,23H,1,6,13,15H2,2-4H3,(H,29,34)(H,30,35)/t23-/m0/s1. The van der Waals surface area contributed by atoms with Crippen molar-refractivity contribution in [2.45, 2.75) is 44.9 Å². The number of aromatic nitrogens is 3. The molecule has 0 fully saturated rings. The molecule has 2 aromatic carbocycles. The molecule has 1 heterocycles. The first-order valence-electron chi connectivity index (χ1n) is 11.5. The van der Waals surface area contributed by atoms with Crippen LogP contribution >= 0.6 is 35.0 Å². The van der Waals surface area contributed by atoms with Gasteiger partial charge in [0.2, 0.25) is 5.91 Å². The second-order valence-corrected chi connectivity index (χ2v) is 10.2. The smallest absolute Gasteiger partial charge is 0.253 e. The van der Waals surface area contributed by atoms with Crippen LogP contribution in [0, 0.1) is 5.92 Å². The third-order valence-corrected chi connectivity index (χ3v) is 6.96. The van der Waals surface area contributed by atoms with Crippen molar-refractivity contribution in [2.75, 3.05) is 11.1 Å². The number of rotatable bonds is 11. The van der Waals surface area contributed by atoms with E-state index < -0.39 is 6.04 Å². The highest BCUT2D eigenvalue weighted by Crippen LogP contribution is 2.27. The molecule has 0 radical (unpaired) electrons. The van der Waals surface area contributed by atoms with Crippen molar-refractivity contribution in [1.29, 1.82) is 0 Å². The Kier molecular flexibility index (Phi) is 9.98. The van der Waals surface area contributed by atoms with Crippen molar-refractivity contribution in [3.05, 3.63) is 82.1 Å². The summed E-state index contributed by atoms with van der Waals surface area (Å²) in [6.07, 6.45) is 2.66. The topological polar surface area (TPSA) is 88.9 Å². The Labute approximate surface area is 225 Å². The number of amides is 2. The molecule has 190 valence electrons. The van der Waals surface area contributed by atoms with E-state index in [1.807, 2.05) is 42.7 Å². The van der Waals surface area contributed by atoms with Gasteiger partial charge in [-0.3, -0.25) is 9.59 Å². The summed E-state index contributed by atoms with van der Waals surface area (Å²) < 4.78 is 1.86. The maximum Gasteiger partial charge on any atom is 0.253 e. The molecule has 0 saturated carbocycles. The molecule has 0 bridgehead atoms. The first-order valence-corrected chi connectivity index (χ1v) is 13.3. The van der Waals surface area contributed by atoms with Gasteiger partial charge in [-0.05, 0) is 48.2 Å². The Morgan fingerprint density at radius 1 is 1.14 bits per heavy atom. The molecule has 3 rings (SSSR count). The van der Waals surface area contributed by atoms with Crippen molar-refractivity contribution in [2.24, 2.45) is 5.92 Å². The molecular formula is C26H29Cl2N5O2S. The fourth-order valence-electron chi connectivity index (χ4n) is 3.51. The van der Waals surface area contributed by atoms with Gasteiger partial charge in [0.1, 0.15) is 0 Å². The van der Waals surface area contributed by atoms with E-state index in [1.165, 1.54) is 23.4 Å². The molecule has 0 spiro atoms. The SMILES string of the molecule is C=CCn1c(SCC(=O)Nc2ccc(CC)cc2)nnc1[C@@H](NC(=O)c1ccc(Cl)cc1Cl)C(C)C. The van der Waals surface area contributed by atoms with E-state index in [9.17, 15) is 9.59 Å². The number of carbonyl (C=O) groups excluding carboxylic acids is 2. The van der Waals surface area contributed by atoms with Crippen LogP contribution in [-0.4, -0.2) is 32.3 Å². The number of benzene rings is 2. The quantitative estimate of drug-likeness (QED) is 0.221. The van der Waals surface area contributed by atoms with E-state index in [2.05, 4.69) is 34.3 Å². The van der Waals surface area contributed by atoms with E-state index in [-0.39, 0.29) is 28.5 Å². The van der Waals surface area contributed by atoms with Crippen LogP contribution in [0.1, 0.15) is 48.6 Å². The van der Waals surface area contributed by atoms with E-state index in [4.69, 9.17) is 23.2 Å². The highest BCUT2D eigenvalue weighted by molar-refractivity contribution is 7.99. The molecule has 0 aliphatic heterocycles. The monoisotopic (exact) mass is 545 g/mol. The molecule has 10 heteroatoms. The number of aryl methyl sites for hydroxylation is 1. The van der Waals surface area contributed by atoms with Crippen LogP contribution < -0.4 is 10.6 Å². The maximum atomic E-state index is 13.0. The summed E-state index contributed by atoms with van der Waals surface area (Å²) in [4.78, 5) is 25.5. The number of nitrogens with one attached hydrogen (secondary N) is 2. The Morgan fingerprint density at radius 2 is 1.86 bits per heavy atom. The third-order valence-electron chi connectivity index (χ3n) is 5.44. The van der Waals surface area contributed by atoms with Crippen molar-refractivity contribution >= 4 is 52.5 Å². The fourth-order valence-corrected chi connectivity index (χ4v) is 4.76. The molecular weight excluding hydrogens is 517 g/mol. The van der Waals surface area contributed by atoms with E-state index in [0.717, 1.165) is 12.1 Å². The number of hydrogen-bond donors (Lipinski definition) is 2. The highest BCUT2D eigenvalue weighted by Gasteiger charge is 2.27. The molecule has 0 unspecified atom stereocenters. The van der Waals surface area contributed by atoms with E-state index in [1.54, 1.807) is 18.2 Å². The van der Waals surface area contributed by atoms with Crippen molar-refractivity contribution < 1.29 is 9.59 Å². The molecule has 0 aliphatic carbocycles. The Hall–Kier alpha value is -2.81. The largest absolute Gasteiger partial charge is 0.342 e. The van der Waals surface area contributed by atoms with Crippen LogP contribution in [-0.2, 0) is 17.8 Å². The zero-order chi connectivity index (χ0) is 26.2. The number of thioether (sulfide) groups is 1. The third kappa shape index (κ3) is 7.12. The summed E-state index contributed by atoms with van der Waals surface area (Å²) in [6.45, 7) is 10.3. The summed E-state index contributed by atoms with van der Waals surface area (Å²) in [7, 11) is 0. The van der Waals surface area contributed by atoms with Gasteiger partial charge in [0.05, 0.1) is 22.4 Å². The fraction of sp³-hybridized carbons (Fsp3) is 0.308. The molecule has 0 saturated heterocycles. The molecule has 1 atom stereocenters. The summed E-state index contributed by atoms with van der Waals surface area (Å²) in [5.74, 6) is 0.238. The van der Waals surface area contributed by atoms with Crippen LogP contribution in [0.3, 0.4) is 0 Å². The van der Waals surface area contributed by atoms with Crippen LogP contribution in [0.4, 0.5) is 5.69 Å². The van der Waals surface area contributed by atoms with Gasteiger partial charge < -0.3 is 15.2 Å². The summed E-state index contributed by atoms with van der Waals surface area (Å²) in [6, 6.07) is 12.1. The van der Waals surface area contributed by atoms with Crippen molar-refractivity contribution in [1.82, 2.24) is 20.1 Å². The zero-order valence-electron chi connectivity index (χ0n) is 20.4. The van der Waals surface area contributed by atoms with Gasteiger partial charge in [0.25, 0.3) is 5.91 Å². The second-order valence-electron chi connectivity index (χ2n) is 8.45. The van der Waals surface area contributed by atoms with Gasteiger partial charge in [0.15, 0.2) is 11.0 Å². The molecule has 36 heavy (non-hydrogen) atoms. The lowest BCUT2D eigenvalue weighted by Crippen LogP contribution is -2.34. The minimum absolute atomic E-state index is 0.0000297. The summed E-state index contributed by atoms with van der Waals surface area (Å²) >= 11 is 13.5. The Bertz CT molecular complexity index is 1230. The van der Waals surface area contributed by atoms with Gasteiger partial charge in [0, 0.05) is 17.3 Å². The van der Waals surface area contributed by atoms with Crippen LogP contribution in [0.5, 0.6) is 0 Å². The maximum absolute atomic E-state index is 13.0. The van der Waals surface area contributed by atoms with E-state index >= 15 is 0 Å². The predicted octanol–water partition coefficient (Wildman–Crippen LogP) is 6.19. The Morgan fingerprint density at radius 3 is 2.47 bits per heavy atom. The number of allylic oxidation sites excluding steroid dienone is 1. The van der Waals surface area contributed by atoms with Crippen LogP contribution in [0.15, 0.2) is 60.3 Å².